The molecule has 0 atom stereocenters. The van der Waals surface area contributed by atoms with Crippen molar-refractivity contribution in [2.75, 3.05) is 0 Å². The summed E-state index contributed by atoms with van der Waals surface area (Å²) in [5.74, 6) is 0. The molecule has 0 aliphatic heterocycles. The van der Waals surface area contributed by atoms with Crippen LogP contribution in [-0.2, 0) is 0 Å². The van der Waals surface area contributed by atoms with Gasteiger partial charge in [-0.25, -0.2) is 0 Å². The minimum absolute atomic E-state index is 1.01. The molecule has 64 valence electrons. The van der Waals surface area contributed by atoms with E-state index in [0.29, 0.717) is 0 Å². The van der Waals surface area contributed by atoms with Gasteiger partial charge in [-0.1, -0.05) is 36.9 Å². The zero-order valence-electron chi connectivity index (χ0n) is 7.80. The number of hydrogen-bond acceptors (Lipinski definition) is 0. The molecule has 0 aliphatic carbocycles. The predicted molar refractivity (Wildman–Crippen MR) is 59.0 cm³/mol. The molecule has 0 spiro atoms. The van der Waals surface area contributed by atoms with Gasteiger partial charge in [-0.15, -0.1) is 0 Å². The first-order valence-corrected chi connectivity index (χ1v) is 4.35. The molecule has 0 aromatic heterocycles. The molecule has 0 N–H and O–H groups in total. The van der Waals surface area contributed by atoms with E-state index < -0.39 is 0 Å². The molecule has 0 saturated heterocycles. The van der Waals surface area contributed by atoms with Gasteiger partial charge >= 0.3 is 0 Å². The molecule has 2 rings (SSSR count). The van der Waals surface area contributed by atoms with Gasteiger partial charge in [-0.3, -0.25) is 0 Å². The Bertz CT molecular complexity index is 550. The minimum Gasteiger partial charge on any atom is -0.0912 e. The number of benzene rings is 2. The molecule has 0 heterocycles. The Morgan fingerprint density at radius 2 is 1.46 bits per heavy atom. The van der Waals surface area contributed by atoms with Crippen LogP contribution in [0, 0.1) is 6.92 Å². The zero-order chi connectivity index (χ0) is 9.42. The average Bonchev–Trinajstić information content (AvgIpc) is 2.08. The Kier molecular flexibility index (Phi) is 1.70. The minimum atomic E-state index is 1.01. The Morgan fingerprint density at radius 1 is 0.846 bits per heavy atom. The van der Waals surface area contributed by atoms with Crippen LogP contribution in [0.5, 0.6) is 0 Å². The van der Waals surface area contributed by atoms with E-state index >= 15 is 0 Å². The SMILES string of the molecule is C=c1cc2ccc(C)cc2cc1=C. The molecule has 0 bridgehead atoms. The maximum absolute atomic E-state index is 3.94. The van der Waals surface area contributed by atoms with Gasteiger partial charge in [0.05, 0.1) is 0 Å². The third-order valence-electron chi connectivity index (χ3n) is 2.31. The van der Waals surface area contributed by atoms with Gasteiger partial charge in [0.15, 0.2) is 0 Å². The van der Waals surface area contributed by atoms with Gasteiger partial charge in [0.1, 0.15) is 0 Å². The number of fused-ring (bicyclic) bond motifs is 1. The van der Waals surface area contributed by atoms with Crippen LogP contribution in [-0.4, -0.2) is 0 Å². The highest BCUT2D eigenvalue weighted by Crippen LogP contribution is 2.11. The molecule has 0 fully saturated rings. The van der Waals surface area contributed by atoms with Gasteiger partial charge in [0.2, 0.25) is 0 Å². The highest BCUT2D eigenvalue weighted by Gasteiger charge is 1.92. The van der Waals surface area contributed by atoms with Gasteiger partial charge in [-0.2, -0.15) is 0 Å². The van der Waals surface area contributed by atoms with E-state index in [1.807, 2.05) is 0 Å². The maximum atomic E-state index is 3.94. The quantitative estimate of drug-likeness (QED) is 0.564. The molecule has 0 radical (unpaired) electrons. The van der Waals surface area contributed by atoms with Crippen molar-refractivity contribution in [1.29, 1.82) is 0 Å². The summed E-state index contributed by atoms with van der Waals surface area (Å²) < 4.78 is 0. The van der Waals surface area contributed by atoms with Crippen molar-refractivity contribution in [2.45, 2.75) is 6.92 Å². The standard InChI is InChI=1S/C13H12/c1-9-4-5-12-7-10(2)11(3)8-13(12)6-9/h4-8H,2-3H2,1H3. The normalized spacial score (nSPS) is 10.5. The summed E-state index contributed by atoms with van der Waals surface area (Å²) in [5, 5.41) is 4.51. The molecule has 0 heteroatoms. The third kappa shape index (κ3) is 1.35. The lowest BCUT2D eigenvalue weighted by Gasteiger charge is -1.99. The summed E-state index contributed by atoms with van der Waals surface area (Å²) in [5.41, 5.74) is 1.28. The van der Waals surface area contributed by atoms with Crippen molar-refractivity contribution in [3.05, 3.63) is 46.3 Å². The highest BCUT2D eigenvalue weighted by molar-refractivity contribution is 5.83. The zero-order valence-corrected chi connectivity index (χ0v) is 7.80. The van der Waals surface area contributed by atoms with E-state index in [4.69, 9.17) is 0 Å². The van der Waals surface area contributed by atoms with Crippen molar-refractivity contribution in [3.8, 4) is 0 Å². The first-order valence-electron chi connectivity index (χ1n) is 4.35. The van der Waals surface area contributed by atoms with Crippen LogP contribution < -0.4 is 10.4 Å². The molecular formula is C13H12. The largest absolute Gasteiger partial charge is 0.0912 e. The topological polar surface area (TPSA) is 0 Å². The molecule has 2 aromatic rings. The van der Waals surface area contributed by atoms with E-state index in [1.54, 1.807) is 0 Å². The van der Waals surface area contributed by atoms with Crippen molar-refractivity contribution in [3.63, 3.8) is 0 Å². The number of rotatable bonds is 0. The van der Waals surface area contributed by atoms with Crippen LogP contribution >= 0.6 is 0 Å². The Labute approximate surface area is 77.8 Å². The van der Waals surface area contributed by atoms with Crippen molar-refractivity contribution in [2.24, 2.45) is 0 Å². The predicted octanol–water partition coefficient (Wildman–Crippen LogP) is 1.97. The maximum Gasteiger partial charge on any atom is -0.0175 e. The molecule has 0 amide bonds. The first kappa shape index (κ1) is 8.06. The highest BCUT2D eigenvalue weighted by atomic mass is 14.0. The van der Waals surface area contributed by atoms with Crippen molar-refractivity contribution < 1.29 is 0 Å². The van der Waals surface area contributed by atoms with Crippen LogP contribution in [0.3, 0.4) is 0 Å². The fourth-order valence-electron chi connectivity index (χ4n) is 1.51. The Hall–Kier alpha value is -1.56. The van der Waals surface area contributed by atoms with E-state index in [-0.39, 0.29) is 0 Å². The summed E-state index contributed by atoms with van der Waals surface area (Å²) in [6, 6.07) is 10.6. The molecule has 0 unspecified atom stereocenters. The second-order valence-electron chi connectivity index (χ2n) is 3.47. The van der Waals surface area contributed by atoms with Crippen molar-refractivity contribution >= 4 is 23.9 Å². The summed E-state index contributed by atoms with van der Waals surface area (Å²) in [6.07, 6.45) is 0. The summed E-state index contributed by atoms with van der Waals surface area (Å²) in [6.45, 7) is 9.97. The van der Waals surface area contributed by atoms with E-state index in [2.05, 4.69) is 50.4 Å². The summed E-state index contributed by atoms with van der Waals surface area (Å²) in [4.78, 5) is 0. The van der Waals surface area contributed by atoms with Crippen molar-refractivity contribution in [1.82, 2.24) is 0 Å². The van der Waals surface area contributed by atoms with Crippen LogP contribution in [0.15, 0.2) is 30.3 Å². The molecule has 0 nitrogen and oxygen atoms in total. The number of aryl methyl sites for hydroxylation is 1. The summed E-state index contributed by atoms with van der Waals surface area (Å²) >= 11 is 0. The Balaban J connectivity index is 2.97. The lowest BCUT2D eigenvalue weighted by Crippen LogP contribution is -2.20. The van der Waals surface area contributed by atoms with Crippen LogP contribution in [0.2, 0.25) is 0 Å². The van der Waals surface area contributed by atoms with Crippen LogP contribution in [0.1, 0.15) is 5.56 Å². The van der Waals surface area contributed by atoms with E-state index in [0.717, 1.165) is 10.4 Å². The van der Waals surface area contributed by atoms with Gasteiger partial charge in [-0.05, 0) is 40.3 Å². The molecule has 0 saturated carbocycles. The second-order valence-corrected chi connectivity index (χ2v) is 3.47. The van der Waals surface area contributed by atoms with Gasteiger partial charge < -0.3 is 0 Å². The van der Waals surface area contributed by atoms with Gasteiger partial charge in [0.25, 0.3) is 0 Å². The van der Waals surface area contributed by atoms with Crippen LogP contribution in [0.4, 0.5) is 0 Å². The first-order chi connectivity index (χ1) is 6.16. The summed E-state index contributed by atoms with van der Waals surface area (Å²) in [7, 11) is 0. The number of hydrogen-bond donors (Lipinski definition) is 0. The lowest BCUT2D eigenvalue weighted by atomic mass is 10.1. The molecular weight excluding hydrogens is 156 g/mol. The molecule has 13 heavy (non-hydrogen) atoms. The monoisotopic (exact) mass is 168 g/mol. The lowest BCUT2D eigenvalue weighted by molar-refractivity contribution is 1.49. The Morgan fingerprint density at radius 3 is 2.15 bits per heavy atom. The molecule has 0 aliphatic rings. The smallest absolute Gasteiger partial charge is 0.0175 e. The fourth-order valence-corrected chi connectivity index (χ4v) is 1.51. The molecule has 2 aromatic carbocycles. The third-order valence-corrected chi connectivity index (χ3v) is 2.31. The fraction of sp³-hybridized carbons (Fsp3) is 0.0769. The van der Waals surface area contributed by atoms with Crippen LogP contribution in [0.25, 0.3) is 23.9 Å². The van der Waals surface area contributed by atoms with E-state index in [9.17, 15) is 0 Å². The second kappa shape index (κ2) is 2.74. The van der Waals surface area contributed by atoms with Gasteiger partial charge in [0, 0.05) is 0 Å². The average molecular weight is 168 g/mol. The van der Waals surface area contributed by atoms with E-state index in [1.165, 1.54) is 16.3 Å².